The topological polar surface area (TPSA) is 123 Å². The third-order valence-corrected chi connectivity index (χ3v) is 3.81. The molecule has 9 nitrogen and oxygen atoms in total. The fourth-order valence-electron chi connectivity index (χ4n) is 2.45. The molecule has 1 amide bonds. The number of hydrogen-bond acceptors (Lipinski definition) is 7. The molecular formula is C18H13N5O4. The lowest BCUT2D eigenvalue weighted by atomic mass is 10.2. The number of aryl methyl sites for hydroxylation is 1. The Balaban J connectivity index is 1.62. The Kier molecular flexibility index (Phi) is 3.88. The zero-order valence-corrected chi connectivity index (χ0v) is 14.1. The zero-order chi connectivity index (χ0) is 19.0. The second-order valence-electron chi connectivity index (χ2n) is 5.74. The third-order valence-electron chi connectivity index (χ3n) is 3.81. The van der Waals surface area contributed by atoms with Crippen LogP contribution in [0.1, 0.15) is 10.5 Å². The van der Waals surface area contributed by atoms with Crippen LogP contribution >= 0.6 is 0 Å². The molecule has 4 aromatic rings. The first kappa shape index (κ1) is 16.5. The number of aromatic hydroxyl groups is 1. The van der Waals surface area contributed by atoms with Gasteiger partial charge in [0, 0.05) is 18.8 Å². The molecule has 0 atom stereocenters. The third kappa shape index (κ3) is 3.25. The van der Waals surface area contributed by atoms with Gasteiger partial charge in [-0.3, -0.25) is 9.59 Å². The van der Waals surface area contributed by atoms with Crippen molar-refractivity contribution in [2.75, 3.05) is 5.32 Å². The Hall–Kier alpha value is -4.01. The number of amides is 1. The number of nitrogens with zero attached hydrogens (tertiary/aromatic N) is 4. The maximum Gasteiger partial charge on any atom is 0.274 e. The number of anilines is 1. The number of nitrogens with one attached hydrogen (secondary N) is 1. The van der Waals surface area contributed by atoms with E-state index in [9.17, 15) is 14.7 Å². The van der Waals surface area contributed by atoms with Gasteiger partial charge in [-0.1, -0.05) is 0 Å². The minimum absolute atomic E-state index is 0.0184. The Morgan fingerprint density at radius 3 is 2.78 bits per heavy atom. The maximum absolute atomic E-state index is 12.2. The van der Waals surface area contributed by atoms with Crippen molar-refractivity contribution in [3.63, 3.8) is 0 Å². The summed E-state index contributed by atoms with van der Waals surface area (Å²) in [5, 5.41) is 16.1. The van der Waals surface area contributed by atoms with Crippen LogP contribution in [0.4, 0.5) is 5.69 Å². The number of benzene rings is 1. The zero-order valence-electron chi connectivity index (χ0n) is 14.1. The molecule has 0 saturated carbocycles. The van der Waals surface area contributed by atoms with Gasteiger partial charge in [0.25, 0.3) is 11.5 Å². The van der Waals surface area contributed by atoms with Crippen molar-refractivity contribution in [1.82, 2.24) is 19.7 Å². The van der Waals surface area contributed by atoms with Crippen molar-refractivity contribution in [2.24, 2.45) is 7.05 Å². The van der Waals surface area contributed by atoms with Crippen LogP contribution in [0.5, 0.6) is 5.75 Å². The highest BCUT2D eigenvalue weighted by atomic mass is 16.3. The average Bonchev–Trinajstić information content (AvgIpc) is 3.08. The standard InChI is InChI=1S/C18H13N5O4/c1-23-16(25)7-5-13(22-23)18-21-14-8-10(2-6-15(14)27-18)20-17(26)12-4-3-11(24)9-19-12/h2-9,24H,1H3,(H,20,26). The number of pyridine rings is 1. The first-order chi connectivity index (χ1) is 13.0. The Morgan fingerprint density at radius 1 is 1.19 bits per heavy atom. The van der Waals surface area contributed by atoms with E-state index in [0.717, 1.165) is 0 Å². The van der Waals surface area contributed by atoms with Crippen LogP contribution in [0.25, 0.3) is 22.7 Å². The second-order valence-corrected chi connectivity index (χ2v) is 5.74. The van der Waals surface area contributed by atoms with Crippen molar-refractivity contribution in [2.45, 2.75) is 0 Å². The van der Waals surface area contributed by atoms with E-state index in [2.05, 4.69) is 20.4 Å². The van der Waals surface area contributed by atoms with Gasteiger partial charge in [0.15, 0.2) is 5.58 Å². The van der Waals surface area contributed by atoms with Crippen LogP contribution in [-0.2, 0) is 7.05 Å². The first-order valence-electron chi connectivity index (χ1n) is 7.91. The normalized spacial score (nSPS) is 10.9. The number of carbonyl (C=O) groups excluding carboxylic acids is 1. The number of carbonyl (C=O) groups is 1. The van der Waals surface area contributed by atoms with Crippen molar-refractivity contribution in [3.8, 4) is 17.3 Å². The molecule has 27 heavy (non-hydrogen) atoms. The molecule has 0 aliphatic heterocycles. The molecule has 0 bridgehead atoms. The van der Waals surface area contributed by atoms with Gasteiger partial charge >= 0.3 is 0 Å². The minimum atomic E-state index is -0.419. The van der Waals surface area contributed by atoms with Crippen LogP contribution in [0, 0.1) is 0 Å². The van der Waals surface area contributed by atoms with Gasteiger partial charge in [0.1, 0.15) is 22.7 Å². The molecule has 3 aromatic heterocycles. The Morgan fingerprint density at radius 2 is 2.04 bits per heavy atom. The van der Waals surface area contributed by atoms with E-state index in [4.69, 9.17) is 4.42 Å². The van der Waals surface area contributed by atoms with Gasteiger partial charge in [-0.2, -0.15) is 5.10 Å². The van der Waals surface area contributed by atoms with Gasteiger partial charge in [-0.05, 0) is 36.4 Å². The van der Waals surface area contributed by atoms with E-state index in [0.29, 0.717) is 22.5 Å². The summed E-state index contributed by atoms with van der Waals surface area (Å²) in [6.45, 7) is 0. The minimum Gasteiger partial charge on any atom is -0.506 e. The summed E-state index contributed by atoms with van der Waals surface area (Å²) in [6.07, 6.45) is 1.20. The lowest BCUT2D eigenvalue weighted by Crippen LogP contribution is -2.18. The van der Waals surface area contributed by atoms with Crippen molar-refractivity contribution >= 4 is 22.7 Å². The summed E-state index contributed by atoms with van der Waals surface area (Å²) in [5.41, 5.74) is 1.91. The highest BCUT2D eigenvalue weighted by Crippen LogP contribution is 2.25. The monoisotopic (exact) mass is 363 g/mol. The first-order valence-corrected chi connectivity index (χ1v) is 7.91. The molecule has 4 rings (SSSR count). The summed E-state index contributed by atoms with van der Waals surface area (Å²) >= 11 is 0. The van der Waals surface area contributed by atoms with Crippen molar-refractivity contribution < 1.29 is 14.3 Å². The summed E-state index contributed by atoms with van der Waals surface area (Å²) in [4.78, 5) is 31.9. The van der Waals surface area contributed by atoms with E-state index in [1.807, 2.05) is 0 Å². The fourth-order valence-corrected chi connectivity index (χ4v) is 2.45. The second kappa shape index (κ2) is 6.37. The Labute approximate surface area is 151 Å². The molecule has 0 unspecified atom stereocenters. The largest absolute Gasteiger partial charge is 0.506 e. The number of hydrogen-bond donors (Lipinski definition) is 2. The Bertz CT molecular complexity index is 1210. The van der Waals surface area contributed by atoms with Gasteiger partial charge in [-0.15, -0.1) is 0 Å². The molecule has 9 heteroatoms. The van der Waals surface area contributed by atoms with Crippen LogP contribution in [0.3, 0.4) is 0 Å². The predicted octanol–water partition coefficient (Wildman–Crippen LogP) is 1.94. The number of fused-ring (bicyclic) bond motifs is 1. The molecule has 0 saturated heterocycles. The number of rotatable bonds is 3. The fraction of sp³-hybridized carbons (Fsp3) is 0.0556. The summed E-state index contributed by atoms with van der Waals surface area (Å²) in [5.74, 6) is -0.169. The summed E-state index contributed by atoms with van der Waals surface area (Å²) in [7, 11) is 1.54. The quantitative estimate of drug-likeness (QED) is 0.570. The van der Waals surface area contributed by atoms with E-state index < -0.39 is 5.91 Å². The molecule has 3 heterocycles. The highest BCUT2D eigenvalue weighted by molar-refractivity contribution is 6.03. The molecule has 0 aliphatic rings. The SMILES string of the molecule is Cn1nc(-c2nc3cc(NC(=O)c4ccc(O)cn4)ccc3o2)ccc1=O. The van der Waals surface area contributed by atoms with E-state index >= 15 is 0 Å². The highest BCUT2D eigenvalue weighted by Gasteiger charge is 2.13. The summed E-state index contributed by atoms with van der Waals surface area (Å²) in [6, 6.07) is 10.7. The van der Waals surface area contributed by atoms with Gasteiger partial charge < -0.3 is 14.8 Å². The van der Waals surface area contributed by atoms with E-state index in [1.54, 1.807) is 25.2 Å². The number of aromatic nitrogens is 4. The molecule has 0 spiro atoms. The molecule has 2 N–H and O–H groups in total. The van der Waals surface area contributed by atoms with Gasteiger partial charge in [0.2, 0.25) is 5.89 Å². The molecule has 1 aromatic carbocycles. The van der Waals surface area contributed by atoms with E-state index in [1.165, 1.54) is 35.1 Å². The maximum atomic E-state index is 12.2. The van der Waals surface area contributed by atoms with Crippen LogP contribution in [0.2, 0.25) is 0 Å². The molecule has 0 fully saturated rings. The number of oxazole rings is 1. The van der Waals surface area contributed by atoms with Gasteiger partial charge in [-0.25, -0.2) is 14.6 Å². The lowest BCUT2D eigenvalue weighted by Gasteiger charge is -2.04. The molecule has 0 radical (unpaired) electrons. The van der Waals surface area contributed by atoms with Crippen LogP contribution in [0.15, 0.2) is 57.9 Å². The summed E-state index contributed by atoms with van der Waals surface area (Å²) < 4.78 is 6.86. The van der Waals surface area contributed by atoms with Crippen molar-refractivity contribution in [1.29, 1.82) is 0 Å². The molecule has 0 aliphatic carbocycles. The van der Waals surface area contributed by atoms with Crippen LogP contribution in [-0.4, -0.2) is 30.8 Å². The van der Waals surface area contributed by atoms with Crippen molar-refractivity contribution in [3.05, 3.63) is 64.7 Å². The van der Waals surface area contributed by atoms with Gasteiger partial charge in [0.05, 0.1) is 6.20 Å². The average molecular weight is 363 g/mol. The van der Waals surface area contributed by atoms with E-state index in [-0.39, 0.29) is 22.9 Å². The van der Waals surface area contributed by atoms with Crippen LogP contribution < -0.4 is 10.9 Å². The molecular weight excluding hydrogens is 350 g/mol. The lowest BCUT2D eigenvalue weighted by molar-refractivity contribution is 0.102. The smallest absolute Gasteiger partial charge is 0.274 e. The molecule has 134 valence electrons. The predicted molar refractivity (Wildman–Crippen MR) is 96.3 cm³/mol.